The quantitative estimate of drug-likeness (QED) is 0.845. The van der Waals surface area contributed by atoms with Crippen LogP contribution in [0.2, 0.25) is 0 Å². The fourth-order valence-corrected chi connectivity index (χ4v) is 2.90. The minimum Gasteiger partial charge on any atom is -0.340 e. The lowest BCUT2D eigenvalue weighted by molar-refractivity contribution is -0.134. The summed E-state index contributed by atoms with van der Waals surface area (Å²) >= 11 is 0. The van der Waals surface area contributed by atoms with Gasteiger partial charge in [-0.15, -0.1) is 0 Å². The summed E-state index contributed by atoms with van der Waals surface area (Å²) < 4.78 is 0. The first-order valence-corrected chi connectivity index (χ1v) is 7.50. The molecule has 0 aromatic rings. The number of nitrogens with zero attached hydrogens (tertiary/aromatic N) is 2. The van der Waals surface area contributed by atoms with Crippen LogP contribution in [0.1, 0.15) is 47.5 Å². The van der Waals surface area contributed by atoms with Crippen molar-refractivity contribution in [3.63, 3.8) is 0 Å². The van der Waals surface area contributed by atoms with Gasteiger partial charge in [-0.3, -0.25) is 9.69 Å². The SMILES string of the molecule is CCN1CCN(C(=O)CC(N)CC(C)(C)C)CC1C. The van der Waals surface area contributed by atoms with Gasteiger partial charge in [-0.05, 0) is 25.3 Å². The van der Waals surface area contributed by atoms with E-state index in [1.165, 1.54) is 0 Å². The molecule has 1 amide bonds. The summed E-state index contributed by atoms with van der Waals surface area (Å²) in [5, 5.41) is 0. The van der Waals surface area contributed by atoms with Gasteiger partial charge in [0.2, 0.25) is 5.91 Å². The Morgan fingerprint density at radius 3 is 2.47 bits per heavy atom. The van der Waals surface area contributed by atoms with E-state index >= 15 is 0 Å². The van der Waals surface area contributed by atoms with Crippen LogP contribution in [-0.4, -0.2) is 54.0 Å². The topological polar surface area (TPSA) is 49.6 Å². The molecule has 0 aliphatic carbocycles. The molecule has 0 spiro atoms. The van der Waals surface area contributed by atoms with E-state index in [0.717, 1.165) is 32.6 Å². The predicted octanol–water partition coefficient (Wildman–Crippen LogP) is 1.69. The minimum atomic E-state index is -0.0213. The standard InChI is InChI=1S/C15H31N3O/c1-6-17-7-8-18(11-12(17)2)14(19)9-13(16)10-15(3,4)5/h12-13H,6-11,16H2,1-5H3. The van der Waals surface area contributed by atoms with Gasteiger partial charge in [0, 0.05) is 38.1 Å². The van der Waals surface area contributed by atoms with Crippen LogP contribution in [0, 0.1) is 5.41 Å². The van der Waals surface area contributed by atoms with E-state index in [1.54, 1.807) is 0 Å². The van der Waals surface area contributed by atoms with E-state index in [-0.39, 0.29) is 17.4 Å². The average Bonchev–Trinajstić information content (AvgIpc) is 2.26. The van der Waals surface area contributed by atoms with E-state index < -0.39 is 0 Å². The van der Waals surface area contributed by atoms with Crippen molar-refractivity contribution in [3.05, 3.63) is 0 Å². The maximum atomic E-state index is 12.3. The highest BCUT2D eigenvalue weighted by Gasteiger charge is 2.27. The fourth-order valence-electron chi connectivity index (χ4n) is 2.90. The first kappa shape index (κ1) is 16.4. The van der Waals surface area contributed by atoms with E-state index in [0.29, 0.717) is 12.5 Å². The number of hydrogen-bond donors (Lipinski definition) is 1. The number of piperazine rings is 1. The van der Waals surface area contributed by atoms with E-state index in [9.17, 15) is 4.79 Å². The van der Waals surface area contributed by atoms with E-state index in [2.05, 4.69) is 39.5 Å². The molecule has 2 N–H and O–H groups in total. The zero-order chi connectivity index (χ0) is 14.6. The smallest absolute Gasteiger partial charge is 0.224 e. The van der Waals surface area contributed by atoms with Crippen molar-refractivity contribution in [2.24, 2.45) is 11.1 Å². The highest BCUT2D eigenvalue weighted by atomic mass is 16.2. The zero-order valence-electron chi connectivity index (χ0n) is 13.3. The lowest BCUT2D eigenvalue weighted by Gasteiger charge is -2.39. The van der Waals surface area contributed by atoms with Gasteiger partial charge in [0.05, 0.1) is 0 Å². The molecule has 0 aromatic heterocycles. The summed E-state index contributed by atoms with van der Waals surface area (Å²) in [6.45, 7) is 14.6. The number of carbonyl (C=O) groups is 1. The first-order chi connectivity index (χ1) is 8.73. The second-order valence-corrected chi connectivity index (χ2v) is 7.05. The second-order valence-electron chi connectivity index (χ2n) is 7.05. The third kappa shape index (κ3) is 5.49. The van der Waals surface area contributed by atoms with Crippen LogP contribution >= 0.6 is 0 Å². The van der Waals surface area contributed by atoms with Crippen molar-refractivity contribution >= 4 is 5.91 Å². The third-order valence-corrected chi connectivity index (χ3v) is 3.84. The van der Waals surface area contributed by atoms with Gasteiger partial charge in [0.15, 0.2) is 0 Å². The Balaban J connectivity index is 2.42. The highest BCUT2D eigenvalue weighted by molar-refractivity contribution is 5.77. The Kier molecular flexibility index (Phi) is 5.81. The van der Waals surface area contributed by atoms with Crippen molar-refractivity contribution in [2.45, 2.75) is 59.5 Å². The number of likely N-dealkylation sites (N-methyl/N-ethyl adjacent to an activating group) is 1. The minimum absolute atomic E-state index is 0.0213. The summed E-state index contributed by atoms with van der Waals surface area (Å²) in [6.07, 6.45) is 1.37. The number of hydrogen-bond acceptors (Lipinski definition) is 3. The van der Waals surface area contributed by atoms with Crippen molar-refractivity contribution < 1.29 is 4.79 Å². The van der Waals surface area contributed by atoms with Gasteiger partial charge < -0.3 is 10.6 Å². The molecule has 2 unspecified atom stereocenters. The molecule has 1 heterocycles. The van der Waals surface area contributed by atoms with Gasteiger partial charge in [-0.2, -0.15) is 0 Å². The largest absolute Gasteiger partial charge is 0.340 e. The molecular formula is C15H31N3O. The van der Waals surface area contributed by atoms with Crippen LogP contribution in [-0.2, 0) is 4.79 Å². The molecule has 1 saturated heterocycles. The molecule has 1 rings (SSSR count). The van der Waals surface area contributed by atoms with Crippen molar-refractivity contribution in [1.29, 1.82) is 0 Å². The third-order valence-electron chi connectivity index (χ3n) is 3.84. The normalized spacial score (nSPS) is 23.5. The van der Waals surface area contributed by atoms with Crippen LogP contribution in [0.3, 0.4) is 0 Å². The number of carbonyl (C=O) groups excluding carboxylic acids is 1. The summed E-state index contributed by atoms with van der Waals surface area (Å²) in [5.74, 6) is 0.222. The zero-order valence-corrected chi connectivity index (χ0v) is 13.3. The molecule has 1 aliphatic rings. The Morgan fingerprint density at radius 2 is 2.00 bits per heavy atom. The number of amides is 1. The maximum Gasteiger partial charge on any atom is 0.224 e. The molecule has 1 aliphatic heterocycles. The number of rotatable bonds is 4. The van der Waals surface area contributed by atoms with Crippen LogP contribution in [0.4, 0.5) is 0 Å². The highest BCUT2D eigenvalue weighted by Crippen LogP contribution is 2.21. The van der Waals surface area contributed by atoms with Gasteiger partial charge >= 0.3 is 0 Å². The van der Waals surface area contributed by atoms with E-state index in [1.807, 2.05) is 4.90 Å². The molecule has 4 heteroatoms. The Hall–Kier alpha value is -0.610. The van der Waals surface area contributed by atoms with Crippen LogP contribution < -0.4 is 5.73 Å². The van der Waals surface area contributed by atoms with Crippen molar-refractivity contribution in [1.82, 2.24) is 9.80 Å². The fraction of sp³-hybridized carbons (Fsp3) is 0.933. The van der Waals surface area contributed by atoms with Gasteiger partial charge in [-0.1, -0.05) is 27.7 Å². The molecule has 0 radical (unpaired) electrons. The Bertz CT molecular complexity index is 298. The van der Waals surface area contributed by atoms with Crippen molar-refractivity contribution in [2.75, 3.05) is 26.2 Å². The molecule has 0 aromatic carbocycles. The molecule has 0 bridgehead atoms. The summed E-state index contributed by atoms with van der Waals surface area (Å²) in [5.41, 5.74) is 6.29. The van der Waals surface area contributed by atoms with Crippen LogP contribution in [0.25, 0.3) is 0 Å². The lowest BCUT2D eigenvalue weighted by Crippen LogP contribution is -2.54. The van der Waals surface area contributed by atoms with Crippen molar-refractivity contribution in [3.8, 4) is 0 Å². The van der Waals surface area contributed by atoms with Gasteiger partial charge in [-0.25, -0.2) is 0 Å². The summed E-state index contributed by atoms with van der Waals surface area (Å²) in [6, 6.07) is 0.438. The maximum absolute atomic E-state index is 12.3. The Labute approximate surface area is 118 Å². The molecule has 1 fully saturated rings. The molecular weight excluding hydrogens is 238 g/mol. The summed E-state index contributed by atoms with van der Waals surface area (Å²) in [7, 11) is 0. The average molecular weight is 269 g/mol. The predicted molar refractivity (Wildman–Crippen MR) is 80.0 cm³/mol. The van der Waals surface area contributed by atoms with Gasteiger partial charge in [0.1, 0.15) is 0 Å². The molecule has 4 nitrogen and oxygen atoms in total. The molecule has 112 valence electrons. The van der Waals surface area contributed by atoms with Crippen LogP contribution in [0.15, 0.2) is 0 Å². The molecule has 2 atom stereocenters. The van der Waals surface area contributed by atoms with Gasteiger partial charge in [0.25, 0.3) is 0 Å². The first-order valence-electron chi connectivity index (χ1n) is 7.50. The molecule has 19 heavy (non-hydrogen) atoms. The van der Waals surface area contributed by atoms with E-state index in [4.69, 9.17) is 5.73 Å². The summed E-state index contributed by atoms with van der Waals surface area (Å²) in [4.78, 5) is 16.7. The second kappa shape index (κ2) is 6.71. The Morgan fingerprint density at radius 1 is 1.37 bits per heavy atom. The number of nitrogens with two attached hydrogens (primary N) is 1. The lowest BCUT2D eigenvalue weighted by atomic mass is 9.87. The van der Waals surface area contributed by atoms with Crippen LogP contribution in [0.5, 0.6) is 0 Å². The molecule has 0 saturated carbocycles. The monoisotopic (exact) mass is 269 g/mol.